The maximum atomic E-state index is 13.2. The number of pyridine rings is 1. The van der Waals surface area contributed by atoms with E-state index < -0.39 is 5.41 Å². The molecular formula is C25H23NO4. The fourth-order valence-corrected chi connectivity index (χ4v) is 4.18. The van der Waals surface area contributed by atoms with E-state index in [1.165, 1.54) is 0 Å². The van der Waals surface area contributed by atoms with Crippen LogP contribution in [0, 0.1) is 6.92 Å². The molecule has 0 saturated heterocycles. The Kier molecular flexibility index (Phi) is 4.55. The Hall–Kier alpha value is -3.18. The van der Waals surface area contributed by atoms with Gasteiger partial charge in [0.2, 0.25) is 6.79 Å². The van der Waals surface area contributed by atoms with Gasteiger partial charge in [0.1, 0.15) is 5.78 Å². The lowest BCUT2D eigenvalue weighted by molar-refractivity contribution is -0.120. The molecule has 3 aromatic rings. The third kappa shape index (κ3) is 3.25. The Bertz CT molecular complexity index is 1120. The van der Waals surface area contributed by atoms with E-state index in [0.29, 0.717) is 6.42 Å². The van der Waals surface area contributed by atoms with Crippen molar-refractivity contribution in [1.29, 1.82) is 0 Å². The van der Waals surface area contributed by atoms with Gasteiger partial charge in [-0.1, -0.05) is 30.3 Å². The molecule has 1 aromatic heterocycles. The predicted molar refractivity (Wildman–Crippen MR) is 113 cm³/mol. The van der Waals surface area contributed by atoms with E-state index in [1.54, 1.807) is 0 Å². The highest BCUT2D eigenvalue weighted by Crippen LogP contribution is 2.51. The normalized spacial score (nSPS) is 15.8. The van der Waals surface area contributed by atoms with E-state index in [4.69, 9.17) is 9.47 Å². The van der Waals surface area contributed by atoms with E-state index in [0.717, 1.165) is 57.9 Å². The van der Waals surface area contributed by atoms with Crippen LogP contribution < -0.4 is 9.47 Å². The van der Waals surface area contributed by atoms with Gasteiger partial charge in [-0.05, 0) is 60.2 Å². The van der Waals surface area contributed by atoms with Crippen LogP contribution in [0.1, 0.15) is 35.2 Å². The molecular weight excluding hydrogens is 378 g/mol. The minimum absolute atomic E-state index is 0.0314. The Balaban J connectivity index is 1.35. The van der Waals surface area contributed by atoms with Crippen molar-refractivity contribution < 1.29 is 19.4 Å². The molecule has 1 N–H and O–H groups in total. The minimum Gasteiger partial charge on any atom is -0.454 e. The van der Waals surface area contributed by atoms with Gasteiger partial charge in [-0.25, -0.2) is 0 Å². The lowest BCUT2D eigenvalue weighted by atomic mass is 9.88. The van der Waals surface area contributed by atoms with Crippen molar-refractivity contribution in [3.63, 3.8) is 0 Å². The van der Waals surface area contributed by atoms with Gasteiger partial charge in [0, 0.05) is 23.9 Å². The molecule has 1 aliphatic carbocycles. The largest absolute Gasteiger partial charge is 0.454 e. The summed E-state index contributed by atoms with van der Waals surface area (Å²) in [6.07, 6.45) is 3.88. The molecule has 0 atom stereocenters. The SMILES string of the molecule is Cc1cc(CC(=O)C2(c3ccc4c(c3)OCO4)CC2)ncc1-c1ccc(CO)cc1. The van der Waals surface area contributed by atoms with E-state index in [-0.39, 0.29) is 19.2 Å². The van der Waals surface area contributed by atoms with Crippen molar-refractivity contribution in [2.75, 3.05) is 6.79 Å². The van der Waals surface area contributed by atoms with Crippen molar-refractivity contribution >= 4 is 5.78 Å². The number of carbonyl (C=O) groups is 1. The van der Waals surface area contributed by atoms with Crippen LogP contribution in [0.15, 0.2) is 54.7 Å². The molecule has 5 rings (SSSR count). The number of rotatable bonds is 6. The van der Waals surface area contributed by atoms with Gasteiger partial charge in [-0.15, -0.1) is 0 Å². The molecule has 1 fully saturated rings. The van der Waals surface area contributed by atoms with Crippen molar-refractivity contribution in [3.8, 4) is 22.6 Å². The average Bonchev–Trinajstić information content (AvgIpc) is 3.45. The molecule has 2 heterocycles. The van der Waals surface area contributed by atoms with Crippen molar-refractivity contribution in [2.24, 2.45) is 0 Å². The molecule has 5 nitrogen and oxygen atoms in total. The molecule has 0 radical (unpaired) electrons. The van der Waals surface area contributed by atoms with Gasteiger partial charge in [-0.2, -0.15) is 0 Å². The zero-order valence-electron chi connectivity index (χ0n) is 16.9. The van der Waals surface area contributed by atoms with Crippen LogP contribution >= 0.6 is 0 Å². The summed E-state index contributed by atoms with van der Waals surface area (Å²) in [4.78, 5) is 17.8. The van der Waals surface area contributed by atoms with Gasteiger partial charge in [0.05, 0.1) is 12.0 Å². The number of ketones is 1. The highest BCUT2D eigenvalue weighted by molar-refractivity contribution is 5.94. The predicted octanol–water partition coefficient (Wildman–Crippen LogP) is 4.12. The highest BCUT2D eigenvalue weighted by Gasteiger charge is 2.50. The van der Waals surface area contributed by atoms with Gasteiger partial charge in [0.15, 0.2) is 11.5 Å². The van der Waals surface area contributed by atoms with Crippen LogP contribution in [0.5, 0.6) is 11.5 Å². The first-order valence-corrected chi connectivity index (χ1v) is 10.2. The summed E-state index contributed by atoms with van der Waals surface area (Å²) < 4.78 is 10.9. The molecule has 1 aliphatic heterocycles. The van der Waals surface area contributed by atoms with Crippen molar-refractivity contribution in [3.05, 3.63) is 77.1 Å². The van der Waals surface area contributed by atoms with Gasteiger partial charge in [0.25, 0.3) is 0 Å². The maximum absolute atomic E-state index is 13.2. The molecule has 0 unspecified atom stereocenters. The number of ether oxygens (including phenoxy) is 2. The second kappa shape index (κ2) is 7.26. The Labute approximate surface area is 175 Å². The Morgan fingerprint density at radius 2 is 1.83 bits per heavy atom. The molecule has 30 heavy (non-hydrogen) atoms. The molecule has 2 aromatic carbocycles. The third-order valence-electron chi connectivity index (χ3n) is 6.17. The average molecular weight is 401 g/mol. The number of aliphatic hydroxyl groups is 1. The first kappa shape index (κ1) is 18.8. The fourth-order valence-electron chi connectivity index (χ4n) is 4.18. The molecule has 152 valence electrons. The molecule has 0 amide bonds. The smallest absolute Gasteiger partial charge is 0.231 e. The Morgan fingerprint density at radius 3 is 2.53 bits per heavy atom. The van der Waals surface area contributed by atoms with Crippen LogP contribution in [-0.2, 0) is 23.2 Å². The molecule has 0 spiro atoms. The maximum Gasteiger partial charge on any atom is 0.231 e. The molecule has 1 saturated carbocycles. The zero-order valence-corrected chi connectivity index (χ0v) is 16.9. The van der Waals surface area contributed by atoms with Crippen LogP contribution in [0.2, 0.25) is 0 Å². The van der Waals surface area contributed by atoms with Crippen molar-refractivity contribution in [2.45, 2.75) is 38.2 Å². The second-order valence-electron chi connectivity index (χ2n) is 8.10. The number of aliphatic hydroxyl groups excluding tert-OH is 1. The lowest BCUT2D eigenvalue weighted by Gasteiger charge is -2.15. The number of nitrogens with zero attached hydrogens (tertiary/aromatic N) is 1. The summed E-state index contributed by atoms with van der Waals surface area (Å²) >= 11 is 0. The fraction of sp³-hybridized carbons (Fsp3) is 0.280. The Morgan fingerprint density at radius 1 is 1.07 bits per heavy atom. The highest BCUT2D eigenvalue weighted by atomic mass is 16.7. The zero-order chi connectivity index (χ0) is 20.7. The van der Waals surface area contributed by atoms with E-state index >= 15 is 0 Å². The minimum atomic E-state index is -0.421. The quantitative estimate of drug-likeness (QED) is 0.673. The van der Waals surface area contributed by atoms with Gasteiger partial charge in [-0.3, -0.25) is 9.78 Å². The molecule has 5 heteroatoms. The van der Waals surface area contributed by atoms with Crippen LogP contribution in [0.3, 0.4) is 0 Å². The number of hydrogen-bond acceptors (Lipinski definition) is 5. The van der Waals surface area contributed by atoms with Gasteiger partial charge < -0.3 is 14.6 Å². The lowest BCUT2D eigenvalue weighted by Crippen LogP contribution is -2.23. The second-order valence-corrected chi connectivity index (χ2v) is 8.10. The summed E-state index contributed by atoms with van der Waals surface area (Å²) in [6, 6.07) is 15.6. The van der Waals surface area contributed by atoms with E-state index in [1.807, 2.05) is 61.7 Å². The summed E-state index contributed by atoms with van der Waals surface area (Å²) in [5.41, 5.74) is 5.42. The molecule has 2 aliphatic rings. The first-order valence-electron chi connectivity index (χ1n) is 10.2. The third-order valence-corrected chi connectivity index (χ3v) is 6.17. The topological polar surface area (TPSA) is 68.7 Å². The van der Waals surface area contributed by atoms with E-state index in [2.05, 4.69) is 4.98 Å². The summed E-state index contributed by atoms with van der Waals surface area (Å²) in [6.45, 7) is 2.30. The number of fused-ring (bicyclic) bond motifs is 1. The number of Topliss-reactive ketones (excluding diaryl/α,β-unsaturated/α-hetero) is 1. The standard InChI is InChI=1S/C25H23NO4/c1-16-10-20(26-13-21(16)18-4-2-17(14-27)3-5-18)12-24(28)25(8-9-25)19-6-7-22-23(11-19)30-15-29-22/h2-7,10-11,13,27H,8-9,12,14-15H2,1H3. The van der Waals surface area contributed by atoms with Gasteiger partial charge >= 0.3 is 0 Å². The van der Waals surface area contributed by atoms with Crippen molar-refractivity contribution in [1.82, 2.24) is 4.98 Å². The number of carbonyl (C=O) groups excluding carboxylic acids is 1. The molecule has 0 bridgehead atoms. The van der Waals surface area contributed by atoms with Crippen LogP contribution in [-0.4, -0.2) is 22.7 Å². The van der Waals surface area contributed by atoms with Crippen LogP contribution in [0.25, 0.3) is 11.1 Å². The van der Waals surface area contributed by atoms with E-state index in [9.17, 15) is 9.90 Å². The number of aryl methyl sites for hydroxylation is 1. The number of hydrogen-bond donors (Lipinski definition) is 1. The number of aromatic nitrogens is 1. The monoisotopic (exact) mass is 401 g/mol. The summed E-state index contributed by atoms with van der Waals surface area (Å²) in [5.74, 6) is 1.66. The first-order chi connectivity index (χ1) is 14.6. The number of benzene rings is 2. The summed E-state index contributed by atoms with van der Waals surface area (Å²) in [7, 11) is 0. The van der Waals surface area contributed by atoms with Crippen LogP contribution in [0.4, 0.5) is 0 Å². The summed E-state index contributed by atoms with van der Waals surface area (Å²) in [5, 5.41) is 9.22.